The van der Waals surface area contributed by atoms with Crippen molar-refractivity contribution in [2.45, 2.75) is 23.8 Å². The molecule has 2 saturated heterocycles. The first-order valence-corrected chi connectivity index (χ1v) is 10.0. The van der Waals surface area contributed by atoms with E-state index in [1.807, 2.05) is 23.9 Å². The number of likely N-dealkylation sites (N-methyl/N-ethyl adjacent to an activating group) is 1. The standard InChI is InChI=1S/C20H25N3O2S/c1-22(2)19(24)11-25-17-9-20(26-12-17)13-23(14-20)10-16-8-7-15-5-3-4-6-18(15)21-16/h3-8,17H,9-14H2,1-2H3/t17-/m1/s1. The van der Waals surface area contributed by atoms with Crippen LogP contribution in [0.2, 0.25) is 0 Å². The maximum atomic E-state index is 11.7. The van der Waals surface area contributed by atoms with Gasteiger partial charge in [0.1, 0.15) is 6.61 Å². The predicted molar refractivity (Wildman–Crippen MR) is 105 cm³/mol. The molecule has 2 aliphatic rings. The third kappa shape index (κ3) is 3.72. The molecule has 1 amide bonds. The maximum absolute atomic E-state index is 11.7. The van der Waals surface area contributed by atoms with Gasteiger partial charge in [0, 0.05) is 49.6 Å². The third-order valence-corrected chi connectivity index (χ3v) is 6.76. The smallest absolute Gasteiger partial charge is 0.248 e. The Morgan fingerprint density at radius 3 is 2.92 bits per heavy atom. The number of carbonyl (C=O) groups is 1. The first kappa shape index (κ1) is 17.8. The molecule has 138 valence electrons. The second-order valence-corrected chi connectivity index (χ2v) is 9.05. The summed E-state index contributed by atoms with van der Waals surface area (Å²) in [5, 5.41) is 1.19. The minimum atomic E-state index is 0.0357. The van der Waals surface area contributed by atoms with Crippen LogP contribution in [0.3, 0.4) is 0 Å². The Labute approximate surface area is 158 Å². The summed E-state index contributed by atoms with van der Waals surface area (Å²) in [7, 11) is 3.53. The molecule has 1 atom stereocenters. The average molecular weight is 372 g/mol. The van der Waals surface area contributed by atoms with Gasteiger partial charge in [-0.3, -0.25) is 14.7 Å². The van der Waals surface area contributed by atoms with E-state index in [2.05, 4.69) is 29.2 Å². The van der Waals surface area contributed by atoms with Gasteiger partial charge >= 0.3 is 0 Å². The first-order chi connectivity index (χ1) is 12.5. The van der Waals surface area contributed by atoms with Crippen molar-refractivity contribution in [3.05, 3.63) is 42.1 Å². The fourth-order valence-electron chi connectivity index (χ4n) is 3.75. The third-order valence-electron chi connectivity index (χ3n) is 5.18. The Balaban J connectivity index is 1.27. The molecular formula is C20H25N3O2S. The summed E-state index contributed by atoms with van der Waals surface area (Å²) in [5.74, 6) is 1.02. The van der Waals surface area contributed by atoms with Crippen molar-refractivity contribution in [3.63, 3.8) is 0 Å². The molecule has 0 unspecified atom stereocenters. The number of pyridine rings is 1. The van der Waals surface area contributed by atoms with Crippen LogP contribution in [0.15, 0.2) is 36.4 Å². The quantitative estimate of drug-likeness (QED) is 0.808. The molecule has 2 aliphatic heterocycles. The van der Waals surface area contributed by atoms with Crippen molar-refractivity contribution in [3.8, 4) is 0 Å². The van der Waals surface area contributed by atoms with Crippen LogP contribution in [0.25, 0.3) is 10.9 Å². The average Bonchev–Trinajstić information content (AvgIpc) is 3.03. The van der Waals surface area contributed by atoms with Crippen molar-refractivity contribution >= 4 is 28.6 Å². The lowest BCUT2D eigenvalue weighted by Gasteiger charge is -2.47. The number of nitrogens with zero attached hydrogens (tertiary/aromatic N) is 3. The molecule has 1 aromatic carbocycles. The molecule has 0 saturated carbocycles. The van der Waals surface area contributed by atoms with Gasteiger partial charge < -0.3 is 9.64 Å². The van der Waals surface area contributed by atoms with Crippen LogP contribution in [-0.4, -0.2) is 71.1 Å². The minimum absolute atomic E-state index is 0.0357. The zero-order valence-electron chi connectivity index (χ0n) is 15.4. The first-order valence-electron chi connectivity index (χ1n) is 9.06. The molecule has 0 bridgehead atoms. The van der Waals surface area contributed by atoms with E-state index >= 15 is 0 Å². The lowest BCUT2D eigenvalue weighted by atomic mass is 9.92. The number of thioether (sulfide) groups is 1. The lowest BCUT2D eigenvalue weighted by Crippen LogP contribution is -2.58. The topological polar surface area (TPSA) is 45.7 Å². The Morgan fingerprint density at radius 1 is 1.31 bits per heavy atom. The van der Waals surface area contributed by atoms with Crippen LogP contribution >= 0.6 is 11.8 Å². The van der Waals surface area contributed by atoms with Gasteiger partial charge in [-0.25, -0.2) is 0 Å². The van der Waals surface area contributed by atoms with E-state index in [4.69, 9.17) is 9.72 Å². The molecule has 2 aromatic rings. The van der Waals surface area contributed by atoms with E-state index in [0.717, 1.165) is 43.0 Å². The Morgan fingerprint density at radius 2 is 2.12 bits per heavy atom. The fraction of sp³-hybridized carbons (Fsp3) is 0.500. The van der Waals surface area contributed by atoms with Crippen LogP contribution in [0, 0.1) is 0 Å². The highest BCUT2D eigenvalue weighted by molar-refractivity contribution is 8.01. The number of aromatic nitrogens is 1. The van der Waals surface area contributed by atoms with Crippen LogP contribution in [0.4, 0.5) is 0 Å². The number of likely N-dealkylation sites (tertiary alicyclic amines) is 1. The highest BCUT2D eigenvalue weighted by Crippen LogP contribution is 2.46. The highest BCUT2D eigenvalue weighted by atomic mass is 32.2. The largest absolute Gasteiger partial charge is 0.367 e. The number of hydrogen-bond donors (Lipinski definition) is 0. The van der Waals surface area contributed by atoms with E-state index in [-0.39, 0.29) is 18.6 Å². The summed E-state index contributed by atoms with van der Waals surface area (Å²) in [6, 6.07) is 12.5. The van der Waals surface area contributed by atoms with E-state index in [1.54, 1.807) is 19.0 Å². The van der Waals surface area contributed by atoms with Crippen molar-refractivity contribution in [1.82, 2.24) is 14.8 Å². The molecular weight excluding hydrogens is 346 g/mol. The molecule has 26 heavy (non-hydrogen) atoms. The van der Waals surface area contributed by atoms with Crippen LogP contribution in [0.5, 0.6) is 0 Å². The summed E-state index contributed by atoms with van der Waals surface area (Å²) in [5.41, 5.74) is 2.19. The zero-order valence-corrected chi connectivity index (χ0v) is 16.2. The molecule has 1 aromatic heterocycles. The number of benzene rings is 1. The molecule has 3 heterocycles. The van der Waals surface area contributed by atoms with Crippen LogP contribution < -0.4 is 0 Å². The summed E-state index contributed by atoms with van der Waals surface area (Å²) in [6.45, 7) is 3.25. The number of ether oxygens (including phenoxy) is 1. The van der Waals surface area contributed by atoms with Gasteiger partial charge in [-0.05, 0) is 18.6 Å². The normalized spacial score (nSPS) is 21.8. The van der Waals surface area contributed by atoms with Gasteiger partial charge in [0.2, 0.25) is 5.91 Å². The van der Waals surface area contributed by atoms with Gasteiger partial charge in [-0.1, -0.05) is 24.3 Å². The SMILES string of the molecule is CN(C)C(=O)CO[C@H]1CSC2(C1)CN(Cc1ccc3ccccc3n1)C2. The van der Waals surface area contributed by atoms with Crippen molar-refractivity contribution in [1.29, 1.82) is 0 Å². The number of amides is 1. The van der Waals surface area contributed by atoms with Crippen LogP contribution in [-0.2, 0) is 16.1 Å². The number of hydrogen-bond acceptors (Lipinski definition) is 5. The van der Waals surface area contributed by atoms with E-state index in [9.17, 15) is 4.79 Å². The van der Waals surface area contributed by atoms with E-state index in [0.29, 0.717) is 4.75 Å². The molecule has 4 rings (SSSR count). The second-order valence-electron chi connectivity index (χ2n) is 7.56. The summed E-state index contributed by atoms with van der Waals surface area (Å²) < 4.78 is 6.12. The predicted octanol–water partition coefficient (Wildman–Crippen LogP) is 2.40. The zero-order chi connectivity index (χ0) is 18.1. The molecule has 5 nitrogen and oxygen atoms in total. The van der Waals surface area contributed by atoms with E-state index < -0.39 is 0 Å². The summed E-state index contributed by atoms with van der Waals surface area (Å²) in [6.07, 6.45) is 1.24. The van der Waals surface area contributed by atoms with Crippen molar-refractivity contribution in [2.24, 2.45) is 0 Å². The second kappa shape index (κ2) is 7.18. The minimum Gasteiger partial charge on any atom is -0.367 e. The molecule has 6 heteroatoms. The number of carbonyl (C=O) groups excluding carboxylic acids is 1. The molecule has 2 fully saturated rings. The van der Waals surface area contributed by atoms with Crippen molar-refractivity contribution in [2.75, 3.05) is 39.5 Å². The fourth-order valence-corrected chi connectivity index (χ4v) is 5.36. The lowest BCUT2D eigenvalue weighted by molar-refractivity contribution is -0.135. The Bertz CT molecular complexity index is 804. The molecule has 0 radical (unpaired) electrons. The van der Waals surface area contributed by atoms with E-state index in [1.165, 1.54) is 5.39 Å². The van der Waals surface area contributed by atoms with Crippen molar-refractivity contribution < 1.29 is 9.53 Å². The maximum Gasteiger partial charge on any atom is 0.248 e. The number of para-hydroxylation sites is 1. The van der Waals surface area contributed by atoms with Gasteiger partial charge in [0.15, 0.2) is 0 Å². The summed E-state index contributed by atoms with van der Waals surface area (Å²) >= 11 is 2.00. The highest BCUT2D eigenvalue weighted by Gasteiger charge is 2.49. The van der Waals surface area contributed by atoms with Gasteiger partial charge in [-0.15, -0.1) is 11.8 Å². The monoisotopic (exact) mass is 371 g/mol. The molecule has 0 aliphatic carbocycles. The molecule has 1 spiro atoms. The Kier molecular flexibility index (Phi) is 4.90. The Hall–Kier alpha value is -1.63. The summed E-state index contributed by atoms with van der Waals surface area (Å²) in [4.78, 5) is 20.5. The van der Waals surface area contributed by atoms with Gasteiger partial charge in [-0.2, -0.15) is 0 Å². The van der Waals surface area contributed by atoms with Gasteiger partial charge in [0.05, 0.1) is 17.3 Å². The number of fused-ring (bicyclic) bond motifs is 1. The van der Waals surface area contributed by atoms with Crippen LogP contribution in [0.1, 0.15) is 12.1 Å². The van der Waals surface area contributed by atoms with Gasteiger partial charge in [0.25, 0.3) is 0 Å². The molecule has 0 N–H and O–H groups in total. The number of rotatable bonds is 5.